The minimum atomic E-state index is 0.00157. The number of hydrogen-bond donors (Lipinski definition) is 1. The van der Waals surface area contributed by atoms with E-state index < -0.39 is 0 Å². The normalized spacial score (nSPS) is 22.3. The van der Waals surface area contributed by atoms with Crippen LogP contribution in [0.25, 0.3) is 11.2 Å². The number of aromatic nitrogens is 2. The summed E-state index contributed by atoms with van der Waals surface area (Å²) in [5.74, 6) is 0.249. The van der Waals surface area contributed by atoms with Crippen molar-refractivity contribution in [1.82, 2.24) is 24.5 Å². The summed E-state index contributed by atoms with van der Waals surface area (Å²) in [6, 6.07) is 4.09. The molecular weight excluding hydrogens is 374 g/mol. The summed E-state index contributed by atoms with van der Waals surface area (Å²) in [5, 5.41) is 3.38. The van der Waals surface area contributed by atoms with Crippen molar-refractivity contribution in [3.63, 3.8) is 0 Å². The van der Waals surface area contributed by atoms with Gasteiger partial charge in [0.15, 0.2) is 0 Å². The van der Waals surface area contributed by atoms with E-state index >= 15 is 0 Å². The van der Waals surface area contributed by atoms with Crippen molar-refractivity contribution in [3.8, 4) is 0 Å². The van der Waals surface area contributed by atoms with E-state index in [1.165, 1.54) is 0 Å². The van der Waals surface area contributed by atoms with Gasteiger partial charge in [-0.3, -0.25) is 9.69 Å². The molecule has 0 spiro atoms. The van der Waals surface area contributed by atoms with Gasteiger partial charge in [0.1, 0.15) is 5.65 Å². The van der Waals surface area contributed by atoms with E-state index in [1.54, 1.807) is 4.90 Å². The van der Waals surface area contributed by atoms with E-state index in [0.717, 1.165) is 66.5 Å². The van der Waals surface area contributed by atoms with Gasteiger partial charge in [-0.05, 0) is 54.7 Å². The van der Waals surface area contributed by atoms with Gasteiger partial charge in [-0.15, -0.1) is 0 Å². The average molecular weight is 402 g/mol. The number of carbonyl (C=O) groups excluding carboxylic acids is 1. The van der Waals surface area contributed by atoms with Crippen LogP contribution in [0.3, 0.4) is 0 Å². The van der Waals surface area contributed by atoms with Crippen molar-refractivity contribution in [3.05, 3.63) is 77.7 Å². The van der Waals surface area contributed by atoms with Crippen molar-refractivity contribution in [1.29, 1.82) is 0 Å². The van der Waals surface area contributed by atoms with E-state index in [-0.39, 0.29) is 11.8 Å². The summed E-state index contributed by atoms with van der Waals surface area (Å²) >= 11 is 0. The number of imidazole rings is 1. The molecule has 0 radical (unpaired) electrons. The number of allylic oxidation sites excluding steroid dienone is 4. The Hall–Kier alpha value is -3.12. The zero-order valence-corrected chi connectivity index (χ0v) is 17.5. The molecule has 3 aliphatic rings. The van der Waals surface area contributed by atoms with Crippen LogP contribution in [0.2, 0.25) is 0 Å². The molecule has 2 aromatic rings. The molecule has 1 N–H and O–H groups in total. The van der Waals surface area contributed by atoms with Crippen molar-refractivity contribution in [2.24, 2.45) is 5.92 Å². The molecule has 5 rings (SSSR count). The molecule has 30 heavy (non-hydrogen) atoms. The van der Waals surface area contributed by atoms with Gasteiger partial charge in [0.2, 0.25) is 0 Å². The number of pyridine rings is 1. The second-order valence-corrected chi connectivity index (χ2v) is 8.26. The third-order valence-corrected chi connectivity index (χ3v) is 6.08. The molecule has 154 valence electrons. The van der Waals surface area contributed by atoms with Gasteiger partial charge in [0, 0.05) is 56.5 Å². The van der Waals surface area contributed by atoms with Gasteiger partial charge in [-0.25, -0.2) is 4.98 Å². The Morgan fingerprint density at radius 1 is 1.10 bits per heavy atom. The monoisotopic (exact) mass is 401 g/mol. The molecule has 1 amide bonds. The lowest BCUT2D eigenvalue weighted by molar-refractivity contribution is -0.122. The molecule has 1 unspecified atom stereocenters. The fraction of sp³-hybridized carbons (Fsp3) is 0.333. The second-order valence-electron chi connectivity index (χ2n) is 8.26. The van der Waals surface area contributed by atoms with Crippen molar-refractivity contribution < 1.29 is 4.79 Å². The molecule has 2 aromatic heterocycles. The topological polar surface area (TPSA) is 52.9 Å². The van der Waals surface area contributed by atoms with Gasteiger partial charge >= 0.3 is 0 Å². The van der Waals surface area contributed by atoms with E-state index in [9.17, 15) is 4.79 Å². The Bertz CT molecular complexity index is 1110. The summed E-state index contributed by atoms with van der Waals surface area (Å²) < 4.78 is 2.04. The molecule has 1 atom stereocenters. The van der Waals surface area contributed by atoms with E-state index in [2.05, 4.69) is 52.6 Å². The van der Waals surface area contributed by atoms with Crippen LogP contribution in [0.4, 0.5) is 0 Å². The number of carbonyl (C=O) groups is 1. The number of piperazine rings is 1. The van der Waals surface area contributed by atoms with Crippen LogP contribution in [0.15, 0.2) is 66.4 Å². The first kappa shape index (κ1) is 18.9. The molecule has 6 heteroatoms. The van der Waals surface area contributed by atoms with Gasteiger partial charge in [0.05, 0.1) is 11.4 Å². The Labute approximate surface area is 176 Å². The van der Waals surface area contributed by atoms with Crippen LogP contribution in [0.5, 0.6) is 0 Å². The van der Waals surface area contributed by atoms with E-state index in [0.29, 0.717) is 0 Å². The molecule has 0 aromatic carbocycles. The number of rotatable bonds is 2. The fourth-order valence-electron chi connectivity index (χ4n) is 4.39. The predicted octanol–water partition coefficient (Wildman–Crippen LogP) is 3.09. The SMILES string of the molecule is Cc1cn2cc(C3=CC(=O)N4C=C(N5CCNCC5)C=CC4=CCC3C)ccc2n1. The maximum absolute atomic E-state index is 13.3. The molecule has 5 heterocycles. The molecular formula is C24H27N5O. The van der Waals surface area contributed by atoms with Gasteiger partial charge in [0.25, 0.3) is 5.91 Å². The maximum atomic E-state index is 13.3. The molecule has 6 nitrogen and oxygen atoms in total. The van der Waals surface area contributed by atoms with E-state index in [4.69, 9.17) is 0 Å². The molecule has 0 saturated carbocycles. The summed E-state index contributed by atoms with van der Waals surface area (Å²) in [6.07, 6.45) is 15.2. The number of fused-ring (bicyclic) bond motifs is 2. The first-order valence-electron chi connectivity index (χ1n) is 10.6. The van der Waals surface area contributed by atoms with Gasteiger partial charge in [-0.2, -0.15) is 0 Å². The fourth-order valence-corrected chi connectivity index (χ4v) is 4.39. The number of hydrogen-bond acceptors (Lipinski definition) is 4. The number of aryl methyl sites for hydroxylation is 1. The zero-order chi connectivity index (χ0) is 20.7. The first-order valence-corrected chi connectivity index (χ1v) is 10.6. The molecule has 1 fully saturated rings. The third-order valence-electron chi connectivity index (χ3n) is 6.08. The number of nitrogens with one attached hydrogen (secondary N) is 1. The van der Waals surface area contributed by atoms with Crippen molar-refractivity contribution in [2.45, 2.75) is 20.3 Å². The van der Waals surface area contributed by atoms with Gasteiger partial charge in [-0.1, -0.05) is 13.0 Å². The summed E-state index contributed by atoms with van der Waals surface area (Å²) in [4.78, 5) is 21.9. The summed E-state index contributed by atoms with van der Waals surface area (Å²) in [5.41, 5.74) is 6.10. The highest BCUT2D eigenvalue weighted by molar-refractivity contribution is 5.98. The smallest absolute Gasteiger partial charge is 0.255 e. The maximum Gasteiger partial charge on any atom is 0.255 e. The highest BCUT2D eigenvalue weighted by atomic mass is 16.2. The molecule has 1 saturated heterocycles. The Morgan fingerprint density at radius 3 is 2.73 bits per heavy atom. The third kappa shape index (κ3) is 3.48. The lowest BCUT2D eigenvalue weighted by Crippen LogP contribution is -2.43. The summed E-state index contributed by atoms with van der Waals surface area (Å²) in [6.45, 7) is 8.04. The number of amides is 1. The Morgan fingerprint density at radius 2 is 1.90 bits per heavy atom. The molecule has 3 aliphatic heterocycles. The van der Waals surface area contributed by atoms with Gasteiger partial charge < -0.3 is 14.6 Å². The Balaban J connectivity index is 1.49. The highest BCUT2D eigenvalue weighted by Gasteiger charge is 2.24. The van der Waals surface area contributed by atoms with Crippen LogP contribution in [-0.4, -0.2) is 51.3 Å². The van der Waals surface area contributed by atoms with E-state index in [1.807, 2.05) is 35.9 Å². The standard InChI is InChI=1S/C24H27N5O/c1-17-3-5-20-6-7-21(27-11-9-25-10-12-27)16-29(20)24(30)13-22(17)19-4-8-23-26-18(2)14-28(23)15-19/h4-8,13-17,25H,3,9-12H2,1-2H3. The largest absolute Gasteiger partial charge is 0.368 e. The van der Waals surface area contributed by atoms with Crippen LogP contribution < -0.4 is 5.32 Å². The van der Waals surface area contributed by atoms with Crippen molar-refractivity contribution in [2.75, 3.05) is 26.2 Å². The van der Waals surface area contributed by atoms with Crippen LogP contribution in [0.1, 0.15) is 24.6 Å². The lowest BCUT2D eigenvalue weighted by atomic mass is 9.90. The minimum absolute atomic E-state index is 0.00157. The first-order chi connectivity index (χ1) is 14.6. The quantitative estimate of drug-likeness (QED) is 0.840. The Kier molecular flexibility index (Phi) is 4.79. The van der Waals surface area contributed by atoms with Crippen molar-refractivity contribution >= 4 is 17.1 Å². The minimum Gasteiger partial charge on any atom is -0.368 e. The summed E-state index contributed by atoms with van der Waals surface area (Å²) in [7, 11) is 0. The molecule has 0 aliphatic carbocycles. The lowest BCUT2D eigenvalue weighted by Gasteiger charge is -2.34. The van der Waals surface area contributed by atoms with Crippen LogP contribution in [0, 0.1) is 12.8 Å². The molecule has 0 bridgehead atoms. The second kappa shape index (κ2) is 7.61. The highest BCUT2D eigenvalue weighted by Crippen LogP contribution is 2.31. The number of nitrogens with zero attached hydrogens (tertiary/aromatic N) is 4. The van der Waals surface area contributed by atoms with Crippen LogP contribution in [-0.2, 0) is 4.79 Å². The predicted molar refractivity (Wildman–Crippen MR) is 118 cm³/mol. The van der Waals surface area contributed by atoms with Crippen LogP contribution >= 0.6 is 0 Å². The average Bonchev–Trinajstić information content (AvgIpc) is 3.14. The zero-order valence-electron chi connectivity index (χ0n) is 17.5.